The second-order valence-electron chi connectivity index (χ2n) is 7.05. The van der Waals surface area contributed by atoms with E-state index in [4.69, 9.17) is 4.74 Å². The molecule has 0 spiro atoms. The number of nitrogens with one attached hydrogen (secondary N) is 1. The van der Waals surface area contributed by atoms with Crippen LogP contribution in [0.2, 0.25) is 0 Å². The Balaban J connectivity index is 1.93. The Kier molecular flexibility index (Phi) is 5.80. The van der Waals surface area contributed by atoms with Crippen molar-refractivity contribution in [3.8, 4) is 0 Å². The number of aromatic nitrogens is 2. The molecule has 1 amide bonds. The average molecular weight is 320 g/mol. The van der Waals surface area contributed by atoms with Crippen LogP contribution in [0.25, 0.3) is 0 Å². The van der Waals surface area contributed by atoms with Gasteiger partial charge in [0.2, 0.25) is 0 Å². The molecule has 1 atom stereocenters. The summed E-state index contributed by atoms with van der Waals surface area (Å²) in [6.45, 7) is 9.19. The predicted octanol–water partition coefficient (Wildman–Crippen LogP) is 3.24. The maximum Gasteiger partial charge on any atom is 0.410 e. The summed E-state index contributed by atoms with van der Waals surface area (Å²) >= 11 is 0. The van der Waals surface area contributed by atoms with Gasteiger partial charge >= 0.3 is 6.09 Å². The van der Waals surface area contributed by atoms with Gasteiger partial charge in [-0.3, -0.25) is 0 Å². The SMILES string of the molecule is CCCc1cc(NC2CCCN(C(=O)OC(C)(C)C)C2)ncn1. The molecule has 1 N–H and O–H groups in total. The van der Waals surface area contributed by atoms with Gasteiger partial charge in [-0.05, 0) is 40.0 Å². The zero-order valence-corrected chi connectivity index (χ0v) is 14.6. The third-order valence-corrected chi connectivity index (χ3v) is 3.65. The number of rotatable bonds is 4. The molecule has 0 radical (unpaired) electrons. The summed E-state index contributed by atoms with van der Waals surface area (Å²) in [6.07, 6.45) is 5.36. The van der Waals surface area contributed by atoms with Gasteiger partial charge in [0, 0.05) is 30.9 Å². The number of ether oxygens (including phenoxy) is 1. The number of amides is 1. The van der Waals surface area contributed by atoms with Crippen LogP contribution in [-0.4, -0.2) is 45.7 Å². The van der Waals surface area contributed by atoms with E-state index in [-0.39, 0.29) is 12.1 Å². The molecule has 6 heteroatoms. The van der Waals surface area contributed by atoms with Crippen LogP contribution in [0.1, 0.15) is 52.7 Å². The minimum Gasteiger partial charge on any atom is -0.444 e. The summed E-state index contributed by atoms with van der Waals surface area (Å²) in [5.41, 5.74) is 0.587. The molecule has 0 saturated carbocycles. The fraction of sp³-hybridized carbons (Fsp3) is 0.706. The van der Waals surface area contributed by atoms with Gasteiger partial charge in [-0.1, -0.05) is 13.3 Å². The number of nitrogens with zero attached hydrogens (tertiary/aromatic N) is 3. The standard InChI is InChI=1S/C17H28N4O2/c1-5-7-13-10-15(19-12-18-13)20-14-8-6-9-21(11-14)16(22)23-17(2,3)4/h10,12,14H,5-9,11H2,1-4H3,(H,18,19,20). The van der Waals surface area contributed by atoms with Crippen LogP contribution >= 0.6 is 0 Å². The molecule has 1 aliphatic heterocycles. The average Bonchev–Trinajstić information content (AvgIpc) is 2.46. The molecule has 0 bridgehead atoms. The summed E-state index contributed by atoms with van der Waals surface area (Å²) in [4.78, 5) is 22.5. The quantitative estimate of drug-likeness (QED) is 0.922. The molecular formula is C17H28N4O2. The molecule has 0 aromatic carbocycles. The fourth-order valence-electron chi connectivity index (χ4n) is 2.67. The molecule has 1 saturated heterocycles. The maximum absolute atomic E-state index is 12.2. The lowest BCUT2D eigenvalue weighted by Gasteiger charge is -2.34. The summed E-state index contributed by atoms with van der Waals surface area (Å²) < 4.78 is 5.46. The first kappa shape index (κ1) is 17.5. The number of piperidine rings is 1. The lowest BCUT2D eigenvalue weighted by Crippen LogP contribution is -2.47. The zero-order valence-electron chi connectivity index (χ0n) is 14.6. The molecule has 2 rings (SSSR count). The van der Waals surface area contributed by atoms with Gasteiger partial charge in [0.1, 0.15) is 17.7 Å². The van der Waals surface area contributed by atoms with Crippen LogP contribution in [0.15, 0.2) is 12.4 Å². The van der Waals surface area contributed by atoms with Crippen molar-refractivity contribution >= 4 is 11.9 Å². The molecule has 1 unspecified atom stereocenters. The number of aryl methyl sites for hydroxylation is 1. The van der Waals surface area contributed by atoms with Crippen LogP contribution in [0, 0.1) is 0 Å². The highest BCUT2D eigenvalue weighted by atomic mass is 16.6. The van der Waals surface area contributed by atoms with Crippen LogP contribution in [-0.2, 0) is 11.2 Å². The van der Waals surface area contributed by atoms with E-state index in [9.17, 15) is 4.79 Å². The Bertz CT molecular complexity index is 528. The third-order valence-electron chi connectivity index (χ3n) is 3.65. The smallest absolute Gasteiger partial charge is 0.410 e. The van der Waals surface area contributed by atoms with Crippen LogP contribution in [0.4, 0.5) is 10.6 Å². The Morgan fingerprint density at radius 3 is 2.91 bits per heavy atom. The molecule has 128 valence electrons. The van der Waals surface area contributed by atoms with Crippen molar-refractivity contribution in [2.45, 2.75) is 65.0 Å². The van der Waals surface area contributed by atoms with Crippen molar-refractivity contribution in [2.24, 2.45) is 0 Å². The van der Waals surface area contributed by atoms with E-state index >= 15 is 0 Å². The minimum atomic E-state index is -0.459. The highest BCUT2D eigenvalue weighted by Crippen LogP contribution is 2.18. The van der Waals surface area contributed by atoms with Crippen molar-refractivity contribution in [1.82, 2.24) is 14.9 Å². The summed E-state index contributed by atoms with van der Waals surface area (Å²) in [7, 11) is 0. The van der Waals surface area contributed by atoms with E-state index in [1.165, 1.54) is 0 Å². The lowest BCUT2D eigenvalue weighted by molar-refractivity contribution is 0.0206. The molecule has 1 aromatic heterocycles. The highest BCUT2D eigenvalue weighted by molar-refractivity contribution is 5.68. The lowest BCUT2D eigenvalue weighted by atomic mass is 10.1. The van der Waals surface area contributed by atoms with Gasteiger partial charge in [0.25, 0.3) is 0 Å². The van der Waals surface area contributed by atoms with Crippen molar-refractivity contribution in [1.29, 1.82) is 0 Å². The van der Waals surface area contributed by atoms with E-state index < -0.39 is 5.60 Å². The Hall–Kier alpha value is -1.85. The molecule has 1 aromatic rings. The fourth-order valence-corrected chi connectivity index (χ4v) is 2.67. The summed E-state index contributed by atoms with van der Waals surface area (Å²) in [5, 5.41) is 3.43. The topological polar surface area (TPSA) is 67.4 Å². The van der Waals surface area contributed by atoms with Crippen LogP contribution in [0.3, 0.4) is 0 Å². The van der Waals surface area contributed by atoms with Gasteiger partial charge in [0.05, 0.1) is 0 Å². The summed E-state index contributed by atoms with van der Waals surface area (Å²) in [5.74, 6) is 0.833. The number of likely N-dealkylation sites (tertiary alicyclic amines) is 1. The van der Waals surface area contributed by atoms with E-state index in [1.54, 1.807) is 11.2 Å². The third kappa shape index (κ3) is 5.69. The summed E-state index contributed by atoms with van der Waals surface area (Å²) in [6, 6.07) is 2.19. The number of hydrogen-bond donors (Lipinski definition) is 1. The molecule has 1 fully saturated rings. The first-order valence-corrected chi connectivity index (χ1v) is 8.43. The number of carbonyl (C=O) groups is 1. The molecule has 6 nitrogen and oxygen atoms in total. The molecule has 1 aliphatic rings. The second kappa shape index (κ2) is 7.62. The van der Waals surface area contributed by atoms with E-state index in [1.807, 2.05) is 26.8 Å². The van der Waals surface area contributed by atoms with Gasteiger partial charge in [-0.25, -0.2) is 14.8 Å². The highest BCUT2D eigenvalue weighted by Gasteiger charge is 2.27. The molecule has 2 heterocycles. The number of carbonyl (C=O) groups excluding carboxylic acids is 1. The van der Waals surface area contributed by atoms with Crippen molar-refractivity contribution in [3.05, 3.63) is 18.1 Å². The number of anilines is 1. The van der Waals surface area contributed by atoms with Crippen LogP contribution < -0.4 is 5.32 Å². The molecular weight excluding hydrogens is 292 g/mol. The minimum absolute atomic E-state index is 0.195. The van der Waals surface area contributed by atoms with Crippen molar-refractivity contribution in [3.63, 3.8) is 0 Å². The Labute approximate surface area is 138 Å². The Morgan fingerprint density at radius 1 is 1.43 bits per heavy atom. The molecule has 0 aliphatic carbocycles. The van der Waals surface area contributed by atoms with Crippen LogP contribution in [0.5, 0.6) is 0 Å². The van der Waals surface area contributed by atoms with Gasteiger partial charge in [-0.2, -0.15) is 0 Å². The van der Waals surface area contributed by atoms with Gasteiger partial charge in [-0.15, -0.1) is 0 Å². The predicted molar refractivity (Wildman–Crippen MR) is 90.5 cm³/mol. The first-order valence-electron chi connectivity index (χ1n) is 8.43. The van der Waals surface area contributed by atoms with Gasteiger partial charge < -0.3 is 15.0 Å². The monoisotopic (exact) mass is 320 g/mol. The molecule has 23 heavy (non-hydrogen) atoms. The Morgan fingerprint density at radius 2 is 2.22 bits per heavy atom. The van der Waals surface area contributed by atoms with Crippen molar-refractivity contribution in [2.75, 3.05) is 18.4 Å². The normalized spacial score (nSPS) is 18.6. The first-order chi connectivity index (χ1) is 10.9. The van der Waals surface area contributed by atoms with E-state index in [0.717, 1.165) is 43.7 Å². The zero-order chi connectivity index (χ0) is 16.9. The second-order valence-corrected chi connectivity index (χ2v) is 7.05. The van der Waals surface area contributed by atoms with Crippen molar-refractivity contribution < 1.29 is 9.53 Å². The van der Waals surface area contributed by atoms with Gasteiger partial charge in [0.15, 0.2) is 0 Å². The van der Waals surface area contributed by atoms with E-state index in [2.05, 4.69) is 22.2 Å². The maximum atomic E-state index is 12.2. The largest absolute Gasteiger partial charge is 0.444 e. The number of hydrogen-bond acceptors (Lipinski definition) is 5. The van der Waals surface area contributed by atoms with E-state index in [0.29, 0.717) is 6.54 Å².